The molecule has 0 spiro atoms. The van der Waals surface area contributed by atoms with E-state index in [1.54, 1.807) is 6.92 Å². The number of hydrogen-bond donors (Lipinski definition) is 2. The minimum absolute atomic E-state index is 0.288. The summed E-state index contributed by atoms with van der Waals surface area (Å²) >= 11 is 0. The molecule has 6 nitrogen and oxygen atoms in total. The molecule has 1 unspecified atom stereocenters. The molecule has 0 saturated carbocycles. The molecule has 1 aromatic carbocycles. The van der Waals surface area contributed by atoms with Gasteiger partial charge in [0.2, 0.25) is 15.3 Å². The van der Waals surface area contributed by atoms with E-state index in [-0.39, 0.29) is 5.30 Å². The summed E-state index contributed by atoms with van der Waals surface area (Å²) in [6.45, 7) is 2.00. The van der Waals surface area contributed by atoms with Gasteiger partial charge in [-0.2, -0.15) is 0 Å². The average molecular weight is 277 g/mol. The van der Waals surface area contributed by atoms with Crippen LogP contribution in [0, 0.1) is 0 Å². The summed E-state index contributed by atoms with van der Waals surface area (Å²) in [5, 5.41) is 0.288. The van der Waals surface area contributed by atoms with Crippen LogP contribution in [0.1, 0.15) is 6.92 Å². The minimum Gasteiger partial charge on any atom is -0.395 e. The van der Waals surface area contributed by atoms with E-state index in [9.17, 15) is 13.0 Å². The van der Waals surface area contributed by atoms with Crippen LogP contribution in [0.5, 0.6) is 0 Å². The van der Waals surface area contributed by atoms with Gasteiger partial charge < -0.3 is 5.73 Å². The van der Waals surface area contributed by atoms with Crippen molar-refractivity contribution >= 4 is 34.7 Å². The number of benzene rings is 1. The van der Waals surface area contributed by atoms with Gasteiger partial charge in [-0.25, -0.2) is 8.42 Å². The van der Waals surface area contributed by atoms with E-state index >= 15 is 0 Å². The van der Waals surface area contributed by atoms with Gasteiger partial charge >= 0.3 is 8.03 Å². The molecule has 0 fully saturated rings. The molecule has 0 radical (unpaired) electrons. The summed E-state index contributed by atoms with van der Waals surface area (Å²) in [6.07, 6.45) is 1.03. The molecule has 94 valence electrons. The van der Waals surface area contributed by atoms with E-state index in [1.807, 2.05) is 0 Å². The Kier molecular flexibility index (Phi) is 4.45. The van der Waals surface area contributed by atoms with Crippen LogP contribution in [-0.4, -0.2) is 21.3 Å². The number of nitrogen functional groups attached to an aromatic ring is 1. The van der Waals surface area contributed by atoms with Crippen LogP contribution in [0.15, 0.2) is 18.2 Å². The number of anilines is 2. The maximum atomic E-state index is 11.7. The SMILES string of the molecule is CCO[P+](=O)c1cc(NS(C)(=O)=O)ccc1N. The second kappa shape index (κ2) is 5.44. The molecule has 17 heavy (non-hydrogen) atoms. The minimum atomic E-state index is -3.37. The molecule has 0 heterocycles. The van der Waals surface area contributed by atoms with Crippen LogP contribution < -0.4 is 15.8 Å². The molecule has 1 aromatic rings. The standard InChI is InChI=1S/C9H14N2O4PS/c1-3-15-16(12)9-6-7(4-5-8(9)10)11-17(2,13)14/h4-6,11H,3,10H2,1-2H3/q+1. The number of nitrogens with two attached hydrogens (primary N) is 1. The zero-order valence-corrected chi connectivity index (χ0v) is 11.2. The average Bonchev–Trinajstić information content (AvgIpc) is 2.19. The third kappa shape index (κ3) is 4.30. The Hall–Kier alpha value is -1.17. The zero-order valence-electron chi connectivity index (χ0n) is 9.50. The van der Waals surface area contributed by atoms with Crippen molar-refractivity contribution in [2.75, 3.05) is 23.3 Å². The molecule has 1 rings (SSSR count). The quantitative estimate of drug-likeness (QED) is 0.619. The molecular formula is C9H14N2O4PS+. The summed E-state index contributed by atoms with van der Waals surface area (Å²) in [6, 6.07) is 4.38. The van der Waals surface area contributed by atoms with Gasteiger partial charge in [0.1, 0.15) is 6.61 Å². The molecule has 0 aliphatic heterocycles. The van der Waals surface area contributed by atoms with Crippen LogP contribution in [0.4, 0.5) is 11.4 Å². The van der Waals surface area contributed by atoms with E-state index in [2.05, 4.69) is 4.72 Å². The van der Waals surface area contributed by atoms with Gasteiger partial charge in [0, 0.05) is 6.07 Å². The van der Waals surface area contributed by atoms with E-state index in [0.29, 0.717) is 18.0 Å². The second-order valence-electron chi connectivity index (χ2n) is 3.32. The van der Waals surface area contributed by atoms with Crippen molar-refractivity contribution in [2.24, 2.45) is 0 Å². The van der Waals surface area contributed by atoms with Crippen LogP contribution in [0.25, 0.3) is 0 Å². The van der Waals surface area contributed by atoms with Crippen molar-refractivity contribution in [3.8, 4) is 0 Å². The fraction of sp³-hybridized carbons (Fsp3) is 0.333. The highest BCUT2D eigenvalue weighted by molar-refractivity contribution is 7.92. The van der Waals surface area contributed by atoms with Crippen molar-refractivity contribution in [2.45, 2.75) is 6.92 Å². The van der Waals surface area contributed by atoms with Gasteiger partial charge in [0.05, 0.1) is 17.6 Å². The fourth-order valence-electron chi connectivity index (χ4n) is 1.17. The lowest BCUT2D eigenvalue weighted by Gasteiger charge is -2.03. The van der Waals surface area contributed by atoms with Crippen molar-refractivity contribution in [1.29, 1.82) is 0 Å². The van der Waals surface area contributed by atoms with E-state index in [0.717, 1.165) is 6.26 Å². The second-order valence-corrected chi connectivity index (χ2v) is 6.33. The molecule has 0 amide bonds. The van der Waals surface area contributed by atoms with Gasteiger partial charge in [0.15, 0.2) is 0 Å². The molecule has 0 aromatic heterocycles. The third-order valence-corrected chi connectivity index (χ3v) is 3.66. The highest BCUT2D eigenvalue weighted by Crippen LogP contribution is 2.26. The first-order valence-electron chi connectivity index (χ1n) is 4.81. The number of sulfonamides is 1. The maximum Gasteiger partial charge on any atom is 0.551 e. The molecule has 3 N–H and O–H groups in total. The molecule has 0 aliphatic rings. The molecule has 1 atom stereocenters. The summed E-state index contributed by atoms with van der Waals surface area (Å²) in [4.78, 5) is 0. The lowest BCUT2D eigenvalue weighted by molar-refractivity contribution is 0.357. The van der Waals surface area contributed by atoms with E-state index in [4.69, 9.17) is 10.3 Å². The summed E-state index contributed by atoms with van der Waals surface area (Å²) in [7, 11) is -5.44. The topological polar surface area (TPSA) is 98.5 Å². The molecule has 0 bridgehead atoms. The van der Waals surface area contributed by atoms with E-state index < -0.39 is 18.1 Å². The monoisotopic (exact) mass is 277 g/mol. The normalized spacial score (nSPS) is 12.2. The fourth-order valence-corrected chi connectivity index (χ4v) is 2.62. The molecule has 0 aliphatic carbocycles. The highest BCUT2D eigenvalue weighted by Gasteiger charge is 2.25. The van der Waals surface area contributed by atoms with Crippen LogP contribution in [-0.2, 0) is 19.1 Å². The summed E-state index contributed by atoms with van der Waals surface area (Å²) < 4.78 is 41.0. The Morgan fingerprint density at radius 3 is 2.65 bits per heavy atom. The highest BCUT2D eigenvalue weighted by atomic mass is 32.2. The van der Waals surface area contributed by atoms with Gasteiger partial charge in [-0.1, -0.05) is 0 Å². The maximum absolute atomic E-state index is 11.7. The Labute approximate surface area is 101 Å². The van der Waals surface area contributed by atoms with Crippen molar-refractivity contribution in [1.82, 2.24) is 0 Å². The lowest BCUT2D eigenvalue weighted by atomic mass is 10.3. The molecular weight excluding hydrogens is 263 g/mol. The van der Waals surface area contributed by atoms with Crippen LogP contribution >= 0.6 is 8.03 Å². The zero-order chi connectivity index (χ0) is 13.1. The van der Waals surface area contributed by atoms with E-state index in [1.165, 1.54) is 18.2 Å². The van der Waals surface area contributed by atoms with Gasteiger partial charge in [-0.05, 0) is 23.6 Å². The Morgan fingerprint density at radius 2 is 2.12 bits per heavy atom. The Bertz CT molecular complexity index is 530. The predicted octanol–water partition coefficient (Wildman–Crippen LogP) is 1.04. The van der Waals surface area contributed by atoms with Gasteiger partial charge in [0.25, 0.3) is 0 Å². The van der Waals surface area contributed by atoms with Crippen molar-refractivity contribution < 1.29 is 17.5 Å². The summed E-state index contributed by atoms with van der Waals surface area (Å²) in [5.74, 6) is 0. The number of rotatable bonds is 5. The molecule has 0 saturated heterocycles. The van der Waals surface area contributed by atoms with Gasteiger partial charge in [-0.15, -0.1) is 4.52 Å². The lowest BCUT2D eigenvalue weighted by Crippen LogP contribution is -2.13. The largest absolute Gasteiger partial charge is 0.551 e. The smallest absolute Gasteiger partial charge is 0.395 e. The van der Waals surface area contributed by atoms with Crippen LogP contribution in [0.3, 0.4) is 0 Å². The summed E-state index contributed by atoms with van der Waals surface area (Å²) in [5.41, 5.74) is 6.25. The Balaban J connectivity index is 3.06. The molecule has 8 heteroatoms. The predicted molar refractivity (Wildman–Crippen MR) is 68.2 cm³/mol. The number of hydrogen-bond acceptors (Lipinski definition) is 5. The first kappa shape index (κ1) is 13.9. The Morgan fingerprint density at radius 1 is 1.47 bits per heavy atom. The van der Waals surface area contributed by atoms with Crippen molar-refractivity contribution in [3.05, 3.63) is 18.2 Å². The first-order valence-corrected chi connectivity index (χ1v) is 7.88. The number of nitrogens with one attached hydrogen (secondary N) is 1. The van der Waals surface area contributed by atoms with Crippen molar-refractivity contribution in [3.63, 3.8) is 0 Å². The third-order valence-electron chi connectivity index (χ3n) is 1.78. The van der Waals surface area contributed by atoms with Crippen LogP contribution in [0.2, 0.25) is 0 Å². The first-order chi connectivity index (χ1) is 7.83. The van der Waals surface area contributed by atoms with Gasteiger partial charge in [-0.3, -0.25) is 4.72 Å².